The van der Waals surface area contributed by atoms with Crippen LogP contribution in [0.5, 0.6) is 0 Å². The average Bonchev–Trinajstić information content (AvgIpc) is 2.65. The number of ether oxygens (including phenoxy) is 1. The molecule has 3 N–H and O–H groups in total. The summed E-state index contributed by atoms with van der Waals surface area (Å²) in [4.78, 5) is 0. The van der Waals surface area contributed by atoms with Crippen molar-refractivity contribution in [3.05, 3.63) is 0 Å². The standard InChI is InChI=1S/C12H24N2O/c1-9(10-4-6-15-7-5-10)14-12-3-2-11(13)8-12/h9-12,14H,2-8,13H2,1H3. The first-order valence-electron chi connectivity index (χ1n) is 6.35. The highest BCUT2D eigenvalue weighted by molar-refractivity contribution is 4.86. The largest absolute Gasteiger partial charge is 0.381 e. The van der Waals surface area contributed by atoms with Gasteiger partial charge < -0.3 is 15.8 Å². The maximum absolute atomic E-state index is 5.92. The number of rotatable bonds is 3. The zero-order chi connectivity index (χ0) is 10.7. The molecule has 0 radical (unpaired) electrons. The molecule has 2 rings (SSSR count). The Kier molecular flexibility index (Phi) is 4.00. The second-order valence-corrected chi connectivity index (χ2v) is 5.18. The Labute approximate surface area is 92.7 Å². The molecule has 0 bridgehead atoms. The fourth-order valence-electron chi connectivity index (χ4n) is 2.89. The Morgan fingerprint density at radius 2 is 1.93 bits per heavy atom. The molecule has 1 aliphatic heterocycles. The molecule has 3 heteroatoms. The molecule has 1 saturated carbocycles. The Hall–Kier alpha value is -0.120. The lowest BCUT2D eigenvalue weighted by molar-refractivity contribution is 0.0545. The van der Waals surface area contributed by atoms with Crippen molar-refractivity contribution in [2.45, 2.75) is 57.2 Å². The maximum atomic E-state index is 5.92. The quantitative estimate of drug-likeness (QED) is 0.740. The average molecular weight is 212 g/mol. The Balaban J connectivity index is 1.73. The third-order valence-electron chi connectivity index (χ3n) is 3.94. The van der Waals surface area contributed by atoms with E-state index >= 15 is 0 Å². The van der Waals surface area contributed by atoms with Gasteiger partial charge in [0.1, 0.15) is 0 Å². The van der Waals surface area contributed by atoms with Crippen LogP contribution in [-0.2, 0) is 4.74 Å². The lowest BCUT2D eigenvalue weighted by Crippen LogP contribution is -2.42. The Morgan fingerprint density at radius 1 is 1.20 bits per heavy atom. The third-order valence-corrected chi connectivity index (χ3v) is 3.94. The minimum absolute atomic E-state index is 0.435. The highest BCUT2D eigenvalue weighted by atomic mass is 16.5. The van der Waals surface area contributed by atoms with Gasteiger partial charge >= 0.3 is 0 Å². The first-order valence-corrected chi connectivity index (χ1v) is 6.35. The van der Waals surface area contributed by atoms with Crippen LogP contribution in [0.2, 0.25) is 0 Å². The zero-order valence-corrected chi connectivity index (χ0v) is 9.74. The Morgan fingerprint density at radius 3 is 2.53 bits per heavy atom. The van der Waals surface area contributed by atoms with E-state index in [-0.39, 0.29) is 0 Å². The van der Waals surface area contributed by atoms with Crippen molar-refractivity contribution in [2.24, 2.45) is 11.7 Å². The summed E-state index contributed by atoms with van der Waals surface area (Å²) < 4.78 is 5.39. The topological polar surface area (TPSA) is 47.3 Å². The Bertz CT molecular complexity index is 192. The lowest BCUT2D eigenvalue weighted by atomic mass is 9.92. The van der Waals surface area contributed by atoms with E-state index in [0.717, 1.165) is 25.6 Å². The van der Waals surface area contributed by atoms with E-state index in [0.29, 0.717) is 18.1 Å². The van der Waals surface area contributed by atoms with Crippen molar-refractivity contribution < 1.29 is 4.74 Å². The van der Waals surface area contributed by atoms with Crippen LogP contribution in [0.25, 0.3) is 0 Å². The van der Waals surface area contributed by atoms with E-state index in [1.807, 2.05) is 0 Å². The summed E-state index contributed by atoms with van der Waals surface area (Å²) in [5, 5.41) is 3.74. The van der Waals surface area contributed by atoms with E-state index in [1.54, 1.807) is 0 Å². The summed E-state index contributed by atoms with van der Waals surface area (Å²) in [5.74, 6) is 0.801. The second kappa shape index (κ2) is 5.28. The maximum Gasteiger partial charge on any atom is 0.0469 e. The van der Waals surface area contributed by atoms with Gasteiger partial charge in [-0.05, 0) is 44.9 Å². The fraction of sp³-hybridized carbons (Fsp3) is 1.00. The highest BCUT2D eigenvalue weighted by Gasteiger charge is 2.26. The van der Waals surface area contributed by atoms with E-state index < -0.39 is 0 Å². The summed E-state index contributed by atoms with van der Waals surface area (Å²) in [5.41, 5.74) is 5.92. The van der Waals surface area contributed by atoms with E-state index in [9.17, 15) is 0 Å². The van der Waals surface area contributed by atoms with Crippen LogP contribution < -0.4 is 11.1 Å². The molecule has 3 atom stereocenters. The van der Waals surface area contributed by atoms with E-state index in [1.165, 1.54) is 25.7 Å². The summed E-state index contributed by atoms with van der Waals surface area (Å²) in [6.45, 7) is 4.21. The molecule has 1 heterocycles. The molecule has 0 aromatic rings. The molecule has 1 aliphatic carbocycles. The van der Waals surface area contributed by atoms with Crippen LogP contribution in [0, 0.1) is 5.92 Å². The first kappa shape index (κ1) is 11.4. The molecule has 0 spiro atoms. The minimum atomic E-state index is 0.435. The van der Waals surface area contributed by atoms with Crippen molar-refractivity contribution in [3.8, 4) is 0 Å². The fourth-order valence-corrected chi connectivity index (χ4v) is 2.89. The monoisotopic (exact) mass is 212 g/mol. The number of nitrogens with one attached hydrogen (secondary N) is 1. The first-order chi connectivity index (χ1) is 7.25. The van der Waals surface area contributed by atoms with Gasteiger partial charge in [-0.1, -0.05) is 0 Å². The predicted molar refractivity (Wildman–Crippen MR) is 61.8 cm³/mol. The molecule has 2 fully saturated rings. The van der Waals surface area contributed by atoms with Gasteiger partial charge in [-0.15, -0.1) is 0 Å². The van der Waals surface area contributed by atoms with Crippen molar-refractivity contribution in [2.75, 3.05) is 13.2 Å². The minimum Gasteiger partial charge on any atom is -0.381 e. The summed E-state index contributed by atoms with van der Waals surface area (Å²) in [6, 6.07) is 1.73. The third kappa shape index (κ3) is 3.16. The van der Waals surface area contributed by atoms with Gasteiger partial charge in [-0.3, -0.25) is 0 Å². The molecule has 0 aromatic carbocycles. The number of hydrogen-bond donors (Lipinski definition) is 2. The van der Waals surface area contributed by atoms with Crippen LogP contribution in [0.15, 0.2) is 0 Å². The lowest BCUT2D eigenvalue weighted by Gasteiger charge is -2.30. The van der Waals surface area contributed by atoms with Gasteiger partial charge in [0.25, 0.3) is 0 Å². The molecule has 1 saturated heterocycles. The number of nitrogens with two attached hydrogens (primary N) is 1. The van der Waals surface area contributed by atoms with Crippen molar-refractivity contribution in [1.82, 2.24) is 5.32 Å². The zero-order valence-electron chi connectivity index (χ0n) is 9.74. The molecular weight excluding hydrogens is 188 g/mol. The molecule has 15 heavy (non-hydrogen) atoms. The summed E-state index contributed by atoms with van der Waals surface area (Å²) in [6.07, 6.45) is 6.04. The molecule has 3 unspecified atom stereocenters. The van der Waals surface area contributed by atoms with Crippen LogP contribution in [-0.4, -0.2) is 31.3 Å². The molecule has 88 valence electrons. The molecule has 3 nitrogen and oxygen atoms in total. The van der Waals surface area contributed by atoms with Gasteiger partial charge in [-0.2, -0.15) is 0 Å². The molecule has 2 aliphatic rings. The van der Waals surface area contributed by atoms with Crippen LogP contribution in [0.3, 0.4) is 0 Å². The number of hydrogen-bond acceptors (Lipinski definition) is 3. The summed E-state index contributed by atoms with van der Waals surface area (Å²) >= 11 is 0. The highest BCUT2D eigenvalue weighted by Crippen LogP contribution is 2.22. The predicted octanol–water partition coefficient (Wildman–Crippen LogP) is 1.27. The van der Waals surface area contributed by atoms with Crippen molar-refractivity contribution >= 4 is 0 Å². The van der Waals surface area contributed by atoms with Crippen LogP contribution >= 0.6 is 0 Å². The van der Waals surface area contributed by atoms with Gasteiger partial charge in [0.05, 0.1) is 0 Å². The van der Waals surface area contributed by atoms with Gasteiger partial charge in [0, 0.05) is 31.3 Å². The van der Waals surface area contributed by atoms with Crippen LogP contribution in [0.1, 0.15) is 39.0 Å². The van der Waals surface area contributed by atoms with Crippen LogP contribution in [0.4, 0.5) is 0 Å². The van der Waals surface area contributed by atoms with Gasteiger partial charge in [0.2, 0.25) is 0 Å². The summed E-state index contributed by atoms with van der Waals surface area (Å²) in [7, 11) is 0. The van der Waals surface area contributed by atoms with Crippen molar-refractivity contribution in [3.63, 3.8) is 0 Å². The van der Waals surface area contributed by atoms with Crippen molar-refractivity contribution in [1.29, 1.82) is 0 Å². The van der Waals surface area contributed by atoms with Gasteiger partial charge in [-0.25, -0.2) is 0 Å². The normalized spacial score (nSPS) is 35.6. The second-order valence-electron chi connectivity index (χ2n) is 5.18. The molecule has 0 amide bonds. The smallest absolute Gasteiger partial charge is 0.0469 e. The van der Waals surface area contributed by atoms with E-state index in [2.05, 4.69) is 12.2 Å². The molecule has 0 aromatic heterocycles. The SMILES string of the molecule is CC(NC1CCC(N)C1)C1CCOCC1. The molecular formula is C12H24N2O. The van der Waals surface area contributed by atoms with E-state index in [4.69, 9.17) is 10.5 Å². The van der Waals surface area contributed by atoms with Gasteiger partial charge in [0.15, 0.2) is 0 Å².